The van der Waals surface area contributed by atoms with Crippen molar-refractivity contribution in [2.75, 3.05) is 7.05 Å². The van der Waals surface area contributed by atoms with Crippen molar-refractivity contribution < 1.29 is 27.4 Å². The SMILES string of the molecule is [2H]c1cc2[nH]cc(C(=O)OC3([2H])C([2H])([2H])[C@]4([2H])N(C)[C@]([2H])(C3([2H])[2H])C([2H])([2H])C4([2H])[2H])c2cc1[2H]. The Kier molecular flexibility index (Phi) is 1.19. The molecule has 0 amide bonds. The Bertz CT molecular complexity index is 1190. The van der Waals surface area contributed by atoms with Gasteiger partial charge in [0.2, 0.25) is 0 Å². The van der Waals surface area contributed by atoms with Crippen molar-refractivity contribution >= 4 is 16.9 Å². The van der Waals surface area contributed by atoms with E-state index in [1.54, 1.807) is 0 Å². The van der Waals surface area contributed by atoms with Crippen molar-refractivity contribution in [1.29, 1.82) is 0 Å². The van der Waals surface area contributed by atoms with Gasteiger partial charge in [-0.2, -0.15) is 0 Å². The number of hydrogen-bond acceptors (Lipinski definition) is 3. The van der Waals surface area contributed by atoms with Crippen molar-refractivity contribution in [3.8, 4) is 0 Å². The van der Waals surface area contributed by atoms with Crippen LogP contribution in [0.15, 0.2) is 30.4 Å². The number of ether oxygens (including phenoxy) is 1. The van der Waals surface area contributed by atoms with E-state index in [1.165, 1.54) is 6.07 Å². The first-order chi connectivity index (χ1) is 15.2. The molecule has 1 N–H and O–H groups in total. The molecule has 21 heavy (non-hydrogen) atoms. The molecule has 4 rings (SSSR count). The van der Waals surface area contributed by atoms with Crippen LogP contribution >= 0.6 is 0 Å². The zero-order valence-corrected chi connectivity index (χ0v) is 11.0. The molecule has 2 aliphatic rings. The van der Waals surface area contributed by atoms with Gasteiger partial charge in [-0.25, -0.2) is 4.79 Å². The van der Waals surface area contributed by atoms with Crippen LogP contribution in [0.25, 0.3) is 10.9 Å². The molecule has 2 fully saturated rings. The van der Waals surface area contributed by atoms with E-state index < -0.39 is 49.6 Å². The van der Waals surface area contributed by atoms with E-state index in [-0.39, 0.29) is 33.5 Å². The zero-order chi connectivity index (χ0) is 26.1. The maximum Gasteiger partial charge on any atom is 0.340 e. The van der Waals surface area contributed by atoms with Crippen LogP contribution in [0, 0.1) is 0 Å². The number of rotatable bonds is 2. The highest BCUT2D eigenvalue weighted by Crippen LogP contribution is 2.35. The van der Waals surface area contributed by atoms with E-state index in [0.29, 0.717) is 0 Å². The Labute approximate surface area is 142 Å². The zero-order valence-electron chi connectivity index (χ0n) is 24.0. The first kappa shape index (κ1) is 5.13. The maximum absolute atomic E-state index is 13.1. The monoisotopic (exact) mass is 297 g/mol. The fourth-order valence-electron chi connectivity index (χ4n) is 2.20. The first-order valence-electron chi connectivity index (χ1n) is 12.7. The fraction of sp³-hybridized carbons (Fsp3) is 0.471. The number of carbonyl (C=O) groups is 1. The van der Waals surface area contributed by atoms with E-state index in [1.807, 2.05) is 0 Å². The van der Waals surface area contributed by atoms with E-state index in [9.17, 15) is 4.79 Å². The van der Waals surface area contributed by atoms with Gasteiger partial charge in [-0.1, -0.05) is 18.2 Å². The number of H-pyrrole nitrogens is 1. The molecule has 1 aromatic heterocycles. The average molecular weight is 297 g/mol. The molecule has 2 saturated heterocycles. The molecule has 4 heteroatoms. The van der Waals surface area contributed by atoms with Gasteiger partial charge in [0.05, 0.1) is 9.68 Å². The molecule has 0 radical (unpaired) electrons. The second-order valence-corrected chi connectivity index (χ2v) is 4.58. The molecule has 3 heterocycles. The summed E-state index contributed by atoms with van der Waals surface area (Å²) in [6.07, 6.45) is -17.1. The summed E-state index contributed by atoms with van der Waals surface area (Å²) in [5.41, 5.74) is -0.125. The highest BCUT2D eigenvalue weighted by Gasteiger charge is 2.40. The normalized spacial score (nSPS) is 58.0. The second-order valence-electron chi connectivity index (χ2n) is 4.58. The Morgan fingerprint density at radius 3 is 2.90 bits per heavy atom. The van der Waals surface area contributed by atoms with Crippen LogP contribution in [0.5, 0.6) is 0 Å². The third-order valence-electron chi connectivity index (χ3n) is 3.32. The number of para-hydroxylation sites is 1. The minimum absolute atomic E-state index is 0.0541. The van der Waals surface area contributed by atoms with Gasteiger partial charge in [0.25, 0.3) is 0 Å². The summed E-state index contributed by atoms with van der Waals surface area (Å²) in [5, 5.41) is 0.0541. The minimum Gasteiger partial charge on any atom is -0.459 e. The lowest BCUT2D eigenvalue weighted by molar-refractivity contribution is -0.000258. The van der Waals surface area contributed by atoms with Gasteiger partial charge in [-0.05, 0) is 25.9 Å². The fourth-order valence-corrected chi connectivity index (χ4v) is 2.20. The number of nitrogens with one attached hydrogen (secondary N) is 1. The first-order valence-corrected chi connectivity index (χ1v) is 6.24. The lowest BCUT2D eigenvalue weighted by Gasteiger charge is -2.35. The number of piperidine rings is 1. The van der Waals surface area contributed by atoms with Crippen LogP contribution in [0.1, 0.15) is 53.7 Å². The van der Waals surface area contributed by atoms with Gasteiger partial charge in [0, 0.05) is 55.6 Å². The number of fused-ring (bicyclic) bond motifs is 3. The predicted octanol–water partition coefficient (Wildman–Crippen LogP) is 2.95. The van der Waals surface area contributed by atoms with E-state index in [0.717, 1.165) is 19.3 Å². The van der Waals surface area contributed by atoms with Gasteiger partial charge in [-0.3, -0.25) is 0 Å². The van der Waals surface area contributed by atoms with Crippen LogP contribution in [0.3, 0.4) is 0 Å². The lowest BCUT2D eigenvalue weighted by atomic mass is 10.0. The second kappa shape index (κ2) is 4.88. The molecule has 0 aliphatic carbocycles. The van der Waals surface area contributed by atoms with Crippen LogP contribution in [0.2, 0.25) is 0 Å². The lowest BCUT2D eigenvalue weighted by Crippen LogP contribution is -2.43. The number of nitrogens with zero attached hydrogens (tertiary/aromatic N) is 1. The quantitative estimate of drug-likeness (QED) is 0.867. The number of aromatic amines is 1. The topological polar surface area (TPSA) is 45.3 Å². The summed E-state index contributed by atoms with van der Waals surface area (Å²) in [7, 11) is 0.827. The minimum atomic E-state index is -3.74. The molecule has 4 nitrogen and oxygen atoms in total. The molecular weight excluding hydrogens is 264 g/mol. The van der Waals surface area contributed by atoms with Gasteiger partial charge in [0.15, 0.2) is 0 Å². The summed E-state index contributed by atoms with van der Waals surface area (Å²) in [6, 6.07) is -4.73. The maximum atomic E-state index is 13.1. The van der Waals surface area contributed by atoms with Gasteiger partial charge in [0.1, 0.15) is 6.08 Å². The van der Waals surface area contributed by atoms with Crippen LogP contribution < -0.4 is 0 Å². The standard InChI is InChI=1S/C17H20N2O2/c1-19-11-6-7-12(19)9-13(8-11)21-17(20)15-10-18-16-5-3-2-4-14(15)16/h2-5,10-13,18H,6-9H2,1H3/t11-,12+,13?/i2D,3D,6D2,7D2,8D2,9D2,11D,12D,13D. The molecule has 0 spiro atoms. The molecule has 110 valence electrons. The van der Waals surface area contributed by atoms with Crippen molar-refractivity contribution in [2.24, 2.45) is 0 Å². The summed E-state index contributed by atoms with van der Waals surface area (Å²) < 4.78 is 113. The van der Waals surface area contributed by atoms with Gasteiger partial charge >= 0.3 is 5.97 Å². The number of hydrogen-bond donors (Lipinski definition) is 1. The molecule has 2 aromatic rings. The highest BCUT2D eigenvalue weighted by atomic mass is 16.5. The summed E-state index contributed by atoms with van der Waals surface area (Å²) in [4.78, 5) is 16.0. The number of carbonyl (C=O) groups excluding carboxylic acids is 1. The van der Waals surface area contributed by atoms with Crippen molar-refractivity contribution in [3.05, 3.63) is 36.0 Å². The third kappa shape index (κ3) is 2.14. The van der Waals surface area contributed by atoms with Crippen LogP contribution in [-0.2, 0) is 4.74 Å². The Hall–Kier alpha value is -1.81. The van der Waals surface area contributed by atoms with Crippen LogP contribution in [-0.4, -0.2) is 41.0 Å². The number of aromatic nitrogens is 1. The smallest absolute Gasteiger partial charge is 0.340 e. The van der Waals surface area contributed by atoms with E-state index in [2.05, 4.69) is 4.98 Å². The third-order valence-corrected chi connectivity index (χ3v) is 3.32. The van der Waals surface area contributed by atoms with E-state index in [4.69, 9.17) is 22.6 Å². The van der Waals surface area contributed by atoms with Gasteiger partial charge < -0.3 is 14.6 Å². The predicted molar refractivity (Wildman–Crippen MR) is 81.3 cm³/mol. The average Bonchev–Trinajstić information content (AvgIpc) is 3.15. The van der Waals surface area contributed by atoms with Crippen molar-refractivity contribution in [3.63, 3.8) is 0 Å². The number of esters is 1. The Morgan fingerprint density at radius 1 is 1.43 bits per heavy atom. The summed E-state index contributed by atoms with van der Waals surface area (Å²) in [5.74, 6) is -1.47. The molecule has 1 aromatic carbocycles. The Balaban J connectivity index is 1.92. The molecule has 2 bridgehead atoms. The van der Waals surface area contributed by atoms with Crippen molar-refractivity contribution in [1.82, 2.24) is 9.88 Å². The molecule has 0 saturated carbocycles. The summed E-state index contributed by atoms with van der Waals surface area (Å²) >= 11 is 0. The highest BCUT2D eigenvalue weighted by molar-refractivity contribution is 6.04. The molecular formula is C17H20N2O2. The summed E-state index contributed by atoms with van der Waals surface area (Å²) in [6.45, 7) is 0. The largest absolute Gasteiger partial charge is 0.459 e. The Morgan fingerprint density at radius 2 is 2.14 bits per heavy atom. The van der Waals surface area contributed by atoms with Gasteiger partial charge in [-0.15, -0.1) is 0 Å². The molecule has 3 atom stereocenters. The number of benzene rings is 1. The van der Waals surface area contributed by atoms with Crippen molar-refractivity contribution in [2.45, 2.75) is 43.6 Å². The van der Waals surface area contributed by atoms with E-state index >= 15 is 0 Å². The molecule has 2 aliphatic heterocycles. The van der Waals surface area contributed by atoms with Crippen LogP contribution in [0.4, 0.5) is 0 Å². The molecule has 1 unspecified atom stereocenters.